The Morgan fingerprint density at radius 1 is 0.932 bits per heavy atom. The van der Waals surface area contributed by atoms with Crippen molar-refractivity contribution in [3.8, 4) is 5.75 Å². The van der Waals surface area contributed by atoms with Crippen molar-refractivity contribution in [1.82, 2.24) is 14.7 Å². The molecule has 6 rings (SSSR count). The molecule has 8 nitrogen and oxygen atoms in total. The monoisotopic (exact) mass is 653 g/mol. The van der Waals surface area contributed by atoms with E-state index in [9.17, 15) is 9.59 Å². The van der Waals surface area contributed by atoms with Crippen molar-refractivity contribution < 1.29 is 23.9 Å². The number of urea groups is 1. The van der Waals surface area contributed by atoms with Crippen LogP contribution >= 0.6 is 35.0 Å². The Balaban J connectivity index is 0.00000123. The van der Waals surface area contributed by atoms with Crippen molar-refractivity contribution in [3.63, 3.8) is 0 Å². The Morgan fingerprint density at radius 3 is 2.25 bits per heavy atom. The Bertz CT molecular complexity index is 1520. The number of piperazine rings is 1. The van der Waals surface area contributed by atoms with Gasteiger partial charge < -0.3 is 19.4 Å². The average Bonchev–Trinajstić information content (AvgIpc) is 3.40. The van der Waals surface area contributed by atoms with Crippen LogP contribution in [0.25, 0.3) is 0 Å². The lowest BCUT2D eigenvalue weighted by molar-refractivity contribution is -0.191. The van der Waals surface area contributed by atoms with E-state index in [1.54, 1.807) is 6.92 Å². The van der Waals surface area contributed by atoms with Gasteiger partial charge in [0.2, 0.25) is 5.91 Å². The maximum atomic E-state index is 13.9. The van der Waals surface area contributed by atoms with Crippen LogP contribution in [0.4, 0.5) is 4.79 Å². The fraction of sp³-hybridized carbons (Fsp3) is 0.364. The molecule has 2 atom stereocenters. The zero-order chi connectivity index (χ0) is 31.3. The van der Waals surface area contributed by atoms with Crippen LogP contribution < -0.4 is 4.74 Å². The fourth-order valence-corrected chi connectivity index (χ4v) is 8.56. The molecule has 11 heteroatoms. The van der Waals surface area contributed by atoms with E-state index in [0.717, 1.165) is 30.6 Å². The molecule has 0 N–H and O–H groups in total. The number of rotatable bonds is 5. The Labute approximate surface area is 271 Å². The Kier molecular flexibility index (Phi) is 10.2. The third kappa shape index (κ3) is 6.61. The molecule has 230 valence electrons. The topological polar surface area (TPSA) is 87.2 Å². The van der Waals surface area contributed by atoms with Crippen LogP contribution in [0.2, 0.25) is 10.0 Å². The molecule has 0 saturated carbocycles. The lowest BCUT2D eigenvalue weighted by atomic mass is 9.78. The van der Waals surface area contributed by atoms with Gasteiger partial charge in [-0.3, -0.25) is 4.79 Å². The summed E-state index contributed by atoms with van der Waals surface area (Å²) in [5.74, 6) is 0.853. The van der Waals surface area contributed by atoms with Crippen molar-refractivity contribution in [3.05, 3.63) is 93.5 Å². The summed E-state index contributed by atoms with van der Waals surface area (Å²) in [6, 6.07) is 22.5. The van der Waals surface area contributed by atoms with Gasteiger partial charge in [-0.2, -0.15) is 9.59 Å². The van der Waals surface area contributed by atoms with Crippen LogP contribution in [0.15, 0.2) is 71.6 Å². The minimum Gasteiger partial charge on any atom is -0.489 e. The molecule has 1 aliphatic carbocycles. The Morgan fingerprint density at radius 2 is 1.59 bits per heavy atom. The predicted octanol–water partition coefficient (Wildman–Crippen LogP) is 6.28. The molecular formula is C33H33Cl2N3O5S. The van der Waals surface area contributed by atoms with Crippen LogP contribution in [0, 0.1) is 0 Å². The number of likely N-dealkylation sites (tertiary alicyclic amines) is 1. The number of benzene rings is 3. The highest BCUT2D eigenvalue weighted by atomic mass is 35.5. The Hall–Kier alpha value is -3.49. The van der Waals surface area contributed by atoms with E-state index in [0.29, 0.717) is 49.4 Å². The molecule has 0 aromatic heterocycles. The molecule has 3 aliphatic rings. The number of hydrogen-bond acceptors (Lipinski definition) is 6. The first-order valence-electron chi connectivity index (χ1n) is 14.5. The molecule has 2 heterocycles. The van der Waals surface area contributed by atoms with E-state index >= 15 is 0 Å². The van der Waals surface area contributed by atoms with E-state index in [1.165, 1.54) is 16.0 Å². The van der Waals surface area contributed by atoms with Gasteiger partial charge in [-0.1, -0.05) is 53.5 Å². The highest BCUT2D eigenvalue weighted by Gasteiger charge is 2.54. The van der Waals surface area contributed by atoms with Gasteiger partial charge in [0, 0.05) is 60.2 Å². The van der Waals surface area contributed by atoms with E-state index < -0.39 is 0 Å². The van der Waals surface area contributed by atoms with Crippen molar-refractivity contribution >= 4 is 53.1 Å². The third-order valence-electron chi connectivity index (χ3n) is 8.59. The smallest absolute Gasteiger partial charge is 0.373 e. The number of halogens is 2. The lowest BCUT2D eigenvalue weighted by Crippen LogP contribution is -2.56. The van der Waals surface area contributed by atoms with Crippen LogP contribution in [0.1, 0.15) is 36.5 Å². The summed E-state index contributed by atoms with van der Waals surface area (Å²) >= 11 is 14.6. The molecule has 2 aliphatic heterocycles. The summed E-state index contributed by atoms with van der Waals surface area (Å²) in [6.07, 6.45) is 2.87. The fourth-order valence-electron chi connectivity index (χ4n) is 6.46. The number of thioether (sulfide) groups is 1. The molecule has 0 radical (unpaired) electrons. The number of ether oxygens (including phenoxy) is 1. The van der Waals surface area contributed by atoms with Gasteiger partial charge in [-0.15, -0.1) is 11.8 Å². The maximum Gasteiger partial charge on any atom is 0.373 e. The van der Waals surface area contributed by atoms with Crippen LogP contribution in [-0.2, 0) is 32.2 Å². The summed E-state index contributed by atoms with van der Waals surface area (Å²) in [5, 5.41) is 1.19. The number of nitrogens with zero attached hydrogens (tertiary/aromatic N) is 3. The number of amides is 3. The predicted molar refractivity (Wildman–Crippen MR) is 169 cm³/mol. The van der Waals surface area contributed by atoms with Crippen LogP contribution in [0.5, 0.6) is 5.75 Å². The first-order chi connectivity index (χ1) is 21.3. The molecule has 3 aromatic rings. The molecule has 3 aromatic carbocycles. The third-order valence-corrected chi connectivity index (χ3v) is 10.9. The minimum absolute atomic E-state index is 0.0683. The summed E-state index contributed by atoms with van der Waals surface area (Å²) in [4.78, 5) is 49.0. The van der Waals surface area contributed by atoms with Gasteiger partial charge in [-0.05, 0) is 66.8 Å². The van der Waals surface area contributed by atoms with E-state index in [2.05, 4.69) is 41.3 Å². The molecule has 2 saturated heterocycles. The summed E-state index contributed by atoms with van der Waals surface area (Å²) < 4.78 is 5.92. The van der Waals surface area contributed by atoms with Crippen LogP contribution in [0.3, 0.4) is 0 Å². The van der Waals surface area contributed by atoms with Crippen molar-refractivity contribution in [2.45, 2.75) is 48.5 Å². The van der Waals surface area contributed by atoms with Crippen molar-refractivity contribution in [2.75, 3.05) is 32.7 Å². The standard InChI is InChI=1S/C32H33Cl2N3O3S.CO2/c1-22(38)35-16-18-36(19-17-35)31(39)37-15-14-32(41-25-6-3-2-4-7-25)27-12-11-24(20-23(27)10-13-30(32)37)40-21-26-28(33)8-5-9-29(26)34;2-1-3/h2-9,11-12,20,30H,10,13-19,21H2,1H3;. The molecule has 3 amide bonds. The van der Waals surface area contributed by atoms with Gasteiger partial charge in [0.15, 0.2) is 0 Å². The summed E-state index contributed by atoms with van der Waals surface area (Å²) in [5.41, 5.74) is 3.32. The van der Waals surface area contributed by atoms with Gasteiger partial charge >= 0.3 is 12.2 Å². The zero-order valence-corrected chi connectivity index (χ0v) is 26.7. The SMILES string of the molecule is CC(=O)N1CCN(C(=O)N2CCC3(Sc4ccccc4)c4ccc(OCc5c(Cl)cccc5Cl)cc4CCC23)CC1.O=C=O. The summed E-state index contributed by atoms with van der Waals surface area (Å²) in [6.45, 7) is 4.93. The minimum atomic E-state index is -0.254. The molecular weight excluding hydrogens is 621 g/mol. The van der Waals surface area contributed by atoms with Gasteiger partial charge in [0.25, 0.3) is 0 Å². The number of aryl methyl sites for hydroxylation is 1. The maximum absolute atomic E-state index is 13.9. The van der Waals surface area contributed by atoms with Crippen molar-refractivity contribution in [2.24, 2.45) is 0 Å². The molecule has 44 heavy (non-hydrogen) atoms. The van der Waals surface area contributed by atoms with Gasteiger partial charge in [0.05, 0.1) is 10.8 Å². The average molecular weight is 655 g/mol. The normalized spacial score (nSPS) is 20.5. The second kappa shape index (κ2) is 14.1. The van der Waals surface area contributed by atoms with E-state index in [-0.39, 0.29) is 28.9 Å². The highest BCUT2D eigenvalue weighted by Crippen LogP contribution is 2.56. The quantitative estimate of drug-likeness (QED) is 0.322. The number of fused-ring (bicyclic) bond motifs is 3. The van der Waals surface area contributed by atoms with Crippen molar-refractivity contribution in [1.29, 1.82) is 0 Å². The lowest BCUT2D eigenvalue weighted by Gasteiger charge is -2.44. The second-order valence-electron chi connectivity index (χ2n) is 11.0. The van der Waals surface area contributed by atoms with Gasteiger partial charge in [-0.25, -0.2) is 4.79 Å². The zero-order valence-electron chi connectivity index (χ0n) is 24.3. The molecule has 0 bridgehead atoms. The highest BCUT2D eigenvalue weighted by molar-refractivity contribution is 8.00. The van der Waals surface area contributed by atoms with E-state index in [1.807, 2.05) is 51.9 Å². The first kappa shape index (κ1) is 31.9. The first-order valence-corrected chi connectivity index (χ1v) is 16.1. The molecule has 2 fully saturated rings. The number of hydrogen-bond donors (Lipinski definition) is 0. The number of carbonyl (C=O) groups excluding carboxylic acids is 4. The second-order valence-corrected chi connectivity index (χ2v) is 13.2. The number of carbonyl (C=O) groups is 2. The van der Waals surface area contributed by atoms with E-state index in [4.69, 9.17) is 37.5 Å². The van der Waals surface area contributed by atoms with Crippen LogP contribution in [-0.4, -0.2) is 71.6 Å². The van der Waals surface area contributed by atoms with Gasteiger partial charge in [0.1, 0.15) is 12.4 Å². The largest absolute Gasteiger partial charge is 0.489 e. The molecule has 2 unspecified atom stereocenters. The molecule has 0 spiro atoms. The summed E-state index contributed by atoms with van der Waals surface area (Å²) in [7, 11) is 0.